The lowest BCUT2D eigenvalue weighted by molar-refractivity contribution is -0.131. The maximum Gasteiger partial charge on any atom is 0.233 e. The highest BCUT2D eigenvalue weighted by molar-refractivity contribution is 7.99. The second-order valence-electron chi connectivity index (χ2n) is 7.89. The lowest BCUT2D eigenvalue weighted by Gasteiger charge is -2.33. The zero-order valence-electron chi connectivity index (χ0n) is 17.7. The van der Waals surface area contributed by atoms with Crippen LogP contribution in [0.5, 0.6) is 0 Å². The minimum absolute atomic E-state index is 0.127. The predicted octanol–water partition coefficient (Wildman–Crippen LogP) is 4.82. The molecule has 1 saturated heterocycles. The summed E-state index contributed by atoms with van der Waals surface area (Å²) in [4.78, 5) is 14.8. The van der Waals surface area contributed by atoms with Gasteiger partial charge in [-0.1, -0.05) is 54.2 Å². The lowest BCUT2D eigenvalue weighted by Crippen LogP contribution is -2.43. The topological polar surface area (TPSA) is 51.0 Å². The Balaban J connectivity index is 1.55. The standard InChI is InChI=1S/C24H27FN4OS/c1-18-9-7-8-15-28(18)22(30)17-31-24-27-26-23(20-12-5-6-13-21(20)25)29(24)16-14-19-10-3-2-4-11-19/h2-6,10-13,18H,7-9,14-17H2,1H3. The van der Waals surface area contributed by atoms with Crippen LogP contribution in [0, 0.1) is 5.82 Å². The van der Waals surface area contributed by atoms with E-state index in [1.807, 2.05) is 27.7 Å². The molecule has 0 spiro atoms. The van der Waals surface area contributed by atoms with Gasteiger partial charge in [-0.15, -0.1) is 10.2 Å². The fraction of sp³-hybridized carbons (Fsp3) is 0.375. The molecule has 1 fully saturated rings. The van der Waals surface area contributed by atoms with Gasteiger partial charge in [0.05, 0.1) is 11.3 Å². The normalized spacial score (nSPS) is 16.5. The Labute approximate surface area is 186 Å². The molecule has 0 N–H and O–H groups in total. The van der Waals surface area contributed by atoms with Gasteiger partial charge in [0, 0.05) is 19.1 Å². The van der Waals surface area contributed by atoms with Crippen molar-refractivity contribution in [1.82, 2.24) is 19.7 Å². The summed E-state index contributed by atoms with van der Waals surface area (Å²) >= 11 is 1.38. The highest BCUT2D eigenvalue weighted by Crippen LogP contribution is 2.27. The largest absolute Gasteiger partial charge is 0.339 e. The van der Waals surface area contributed by atoms with Crippen molar-refractivity contribution < 1.29 is 9.18 Å². The molecule has 162 valence electrons. The van der Waals surface area contributed by atoms with E-state index >= 15 is 0 Å². The highest BCUT2D eigenvalue weighted by atomic mass is 32.2. The first-order valence-corrected chi connectivity index (χ1v) is 11.8. The van der Waals surface area contributed by atoms with Crippen LogP contribution >= 0.6 is 11.8 Å². The Morgan fingerprint density at radius 3 is 2.65 bits per heavy atom. The van der Waals surface area contributed by atoms with E-state index in [2.05, 4.69) is 29.3 Å². The molecule has 1 unspecified atom stereocenters. The van der Waals surface area contributed by atoms with Crippen molar-refractivity contribution in [2.24, 2.45) is 0 Å². The van der Waals surface area contributed by atoms with Crippen molar-refractivity contribution >= 4 is 17.7 Å². The van der Waals surface area contributed by atoms with Crippen molar-refractivity contribution in [2.75, 3.05) is 12.3 Å². The van der Waals surface area contributed by atoms with Gasteiger partial charge >= 0.3 is 0 Å². The van der Waals surface area contributed by atoms with E-state index in [0.717, 1.165) is 25.8 Å². The van der Waals surface area contributed by atoms with Crippen LogP contribution in [0.3, 0.4) is 0 Å². The minimum atomic E-state index is -0.328. The number of thioether (sulfide) groups is 1. The summed E-state index contributed by atoms with van der Waals surface area (Å²) in [7, 11) is 0. The Morgan fingerprint density at radius 2 is 1.87 bits per heavy atom. The van der Waals surface area contributed by atoms with Crippen molar-refractivity contribution in [3.63, 3.8) is 0 Å². The van der Waals surface area contributed by atoms with Gasteiger partial charge in [-0.3, -0.25) is 4.79 Å². The van der Waals surface area contributed by atoms with Crippen LogP contribution in [0.2, 0.25) is 0 Å². The summed E-state index contributed by atoms with van der Waals surface area (Å²) in [6.45, 7) is 3.54. The van der Waals surface area contributed by atoms with E-state index in [-0.39, 0.29) is 17.8 Å². The third-order valence-electron chi connectivity index (χ3n) is 5.75. The number of aromatic nitrogens is 3. The molecule has 31 heavy (non-hydrogen) atoms. The summed E-state index contributed by atoms with van der Waals surface area (Å²) in [5, 5.41) is 9.26. The minimum Gasteiger partial charge on any atom is -0.339 e. The molecule has 1 aliphatic heterocycles. The SMILES string of the molecule is CC1CCCCN1C(=O)CSc1nnc(-c2ccccc2F)n1CCc1ccccc1. The number of hydrogen-bond acceptors (Lipinski definition) is 4. The van der Waals surface area contributed by atoms with E-state index < -0.39 is 0 Å². The molecular weight excluding hydrogens is 411 g/mol. The second kappa shape index (κ2) is 10.1. The van der Waals surface area contributed by atoms with Crippen LogP contribution in [0.15, 0.2) is 59.8 Å². The molecule has 0 radical (unpaired) electrons. The van der Waals surface area contributed by atoms with Gasteiger partial charge in [0.25, 0.3) is 0 Å². The van der Waals surface area contributed by atoms with E-state index in [4.69, 9.17) is 0 Å². The van der Waals surface area contributed by atoms with Gasteiger partial charge in [0.15, 0.2) is 11.0 Å². The van der Waals surface area contributed by atoms with Crippen molar-refractivity contribution in [3.8, 4) is 11.4 Å². The summed E-state index contributed by atoms with van der Waals surface area (Å²) < 4.78 is 16.4. The first-order valence-electron chi connectivity index (χ1n) is 10.8. The molecule has 1 amide bonds. The van der Waals surface area contributed by atoms with Crippen molar-refractivity contribution in [2.45, 2.75) is 50.4 Å². The molecule has 5 nitrogen and oxygen atoms in total. The number of aryl methyl sites for hydroxylation is 1. The van der Waals surface area contributed by atoms with Gasteiger partial charge in [0.2, 0.25) is 5.91 Å². The van der Waals surface area contributed by atoms with Gasteiger partial charge in [0.1, 0.15) is 5.82 Å². The van der Waals surface area contributed by atoms with Crippen LogP contribution in [-0.2, 0) is 17.8 Å². The van der Waals surface area contributed by atoms with Crippen LogP contribution in [0.1, 0.15) is 31.7 Å². The molecule has 4 rings (SSSR count). The summed E-state index contributed by atoms with van der Waals surface area (Å²) in [5.41, 5.74) is 1.61. The van der Waals surface area contributed by atoms with E-state index in [1.165, 1.54) is 29.8 Å². The second-order valence-corrected chi connectivity index (χ2v) is 8.84. The molecule has 0 saturated carbocycles. The molecule has 3 aromatic rings. The Bertz CT molecular complexity index is 1020. The predicted molar refractivity (Wildman–Crippen MR) is 121 cm³/mol. The number of halogens is 1. The van der Waals surface area contributed by atoms with Crippen LogP contribution < -0.4 is 0 Å². The molecule has 1 aliphatic rings. The van der Waals surface area contributed by atoms with Crippen LogP contribution in [0.4, 0.5) is 4.39 Å². The number of hydrogen-bond donors (Lipinski definition) is 0. The number of piperidine rings is 1. The maximum atomic E-state index is 14.5. The number of nitrogens with zero attached hydrogens (tertiary/aromatic N) is 4. The highest BCUT2D eigenvalue weighted by Gasteiger charge is 2.24. The van der Waals surface area contributed by atoms with Gasteiger partial charge in [-0.05, 0) is 50.3 Å². The Kier molecular flexibility index (Phi) is 7.02. The zero-order valence-corrected chi connectivity index (χ0v) is 18.5. The summed E-state index contributed by atoms with van der Waals surface area (Å²) in [6.07, 6.45) is 4.06. The van der Waals surface area contributed by atoms with E-state index in [1.54, 1.807) is 18.2 Å². The third-order valence-corrected chi connectivity index (χ3v) is 6.70. The number of carbonyl (C=O) groups is 1. The first kappa shape index (κ1) is 21.6. The molecule has 0 aliphatic carbocycles. The summed E-state index contributed by atoms with van der Waals surface area (Å²) in [5.74, 6) is 0.605. The monoisotopic (exact) mass is 438 g/mol. The maximum absolute atomic E-state index is 14.5. The van der Waals surface area contributed by atoms with E-state index in [0.29, 0.717) is 28.8 Å². The lowest BCUT2D eigenvalue weighted by atomic mass is 10.0. The quantitative estimate of drug-likeness (QED) is 0.496. The Morgan fingerprint density at radius 1 is 1.10 bits per heavy atom. The fourth-order valence-electron chi connectivity index (χ4n) is 4.00. The number of rotatable bonds is 7. The van der Waals surface area contributed by atoms with Gasteiger partial charge in [-0.2, -0.15) is 0 Å². The molecular formula is C24H27FN4OS. The van der Waals surface area contributed by atoms with E-state index in [9.17, 15) is 9.18 Å². The summed E-state index contributed by atoms with van der Waals surface area (Å²) in [6, 6.07) is 17.0. The number of amides is 1. The smallest absolute Gasteiger partial charge is 0.233 e. The van der Waals surface area contributed by atoms with Crippen molar-refractivity contribution in [3.05, 3.63) is 66.0 Å². The molecule has 1 atom stereocenters. The molecule has 7 heteroatoms. The van der Waals surface area contributed by atoms with Crippen molar-refractivity contribution in [1.29, 1.82) is 0 Å². The number of benzene rings is 2. The number of likely N-dealkylation sites (tertiary alicyclic amines) is 1. The molecule has 1 aromatic heterocycles. The fourth-order valence-corrected chi connectivity index (χ4v) is 4.85. The Hall–Kier alpha value is -2.67. The third kappa shape index (κ3) is 5.15. The molecule has 2 aromatic carbocycles. The number of carbonyl (C=O) groups excluding carboxylic acids is 1. The molecule has 2 heterocycles. The first-order chi connectivity index (χ1) is 15.1. The average Bonchev–Trinajstić information content (AvgIpc) is 3.20. The van der Waals surface area contributed by atoms with Crippen LogP contribution in [0.25, 0.3) is 11.4 Å². The van der Waals surface area contributed by atoms with Crippen LogP contribution in [-0.4, -0.2) is 43.9 Å². The molecule has 0 bridgehead atoms. The average molecular weight is 439 g/mol. The zero-order chi connectivity index (χ0) is 21.6. The van der Waals surface area contributed by atoms with Gasteiger partial charge < -0.3 is 9.47 Å². The van der Waals surface area contributed by atoms with Gasteiger partial charge in [-0.25, -0.2) is 4.39 Å².